The van der Waals surface area contributed by atoms with E-state index in [2.05, 4.69) is 4.74 Å². The molecule has 0 atom stereocenters. The van der Waals surface area contributed by atoms with Crippen LogP contribution in [0.3, 0.4) is 0 Å². The van der Waals surface area contributed by atoms with E-state index >= 15 is 0 Å². The molecule has 0 saturated carbocycles. The number of nitrogens with zero attached hydrogens (tertiary/aromatic N) is 1. The van der Waals surface area contributed by atoms with E-state index in [1.165, 1.54) is 13.4 Å². The van der Waals surface area contributed by atoms with Gasteiger partial charge in [-0.1, -0.05) is 0 Å². The number of esters is 1. The van der Waals surface area contributed by atoms with E-state index in [4.69, 9.17) is 0 Å². The Labute approximate surface area is 78.6 Å². The lowest BCUT2D eigenvalue weighted by molar-refractivity contribution is -0.141. The molecule has 78 valence electrons. The highest BCUT2D eigenvalue weighted by molar-refractivity contribution is 7.90. The normalized spacial score (nSPS) is 11.7. The number of methoxy groups -OCH3 is 1. The molecule has 0 aromatic heterocycles. The lowest BCUT2D eigenvalue weighted by atomic mass is 10.5. The first-order valence-corrected chi connectivity index (χ1v) is 5.84. The number of hydrogen-bond donors (Lipinski definition) is 0. The second-order valence-corrected chi connectivity index (χ2v) is 5.20. The quantitative estimate of drug-likeness (QED) is 0.551. The van der Waals surface area contributed by atoms with Crippen LogP contribution in [0, 0.1) is 0 Å². The Morgan fingerprint density at radius 2 is 2.00 bits per heavy atom. The van der Waals surface area contributed by atoms with E-state index in [1.807, 2.05) is 0 Å². The zero-order valence-corrected chi connectivity index (χ0v) is 8.93. The summed E-state index contributed by atoms with van der Waals surface area (Å²) in [5.41, 5.74) is 0. The van der Waals surface area contributed by atoms with Gasteiger partial charge in [-0.3, -0.25) is 9.69 Å². The molecule has 0 radical (unpaired) electrons. The van der Waals surface area contributed by atoms with Crippen LogP contribution < -0.4 is 0 Å². The first-order valence-electron chi connectivity index (χ1n) is 3.78. The summed E-state index contributed by atoms with van der Waals surface area (Å²) in [4.78, 5) is 12.3. The van der Waals surface area contributed by atoms with Crippen LogP contribution in [0.5, 0.6) is 0 Å². The predicted octanol–water partition coefficient (Wildman–Crippen LogP) is -0.864. The largest absolute Gasteiger partial charge is 0.468 e. The minimum Gasteiger partial charge on any atom is -0.468 e. The number of likely N-dealkylation sites (N-methyl/N-ethyl adjacent to an activating group) is 1. The Morgan fingerprint density at radius 1 is 1.46 bits per heavy atom. The van der Waals surface area contributed by atoms with Gasteiger partial charge in [-0.25, -0.2) is 8.42 Å². The summed E-state index contributed by atoms with van der Waals surface area (Å²) in [7, 11) is 0.0116. The zero-order chi connectivity index (χ0) is 10.5. The molecule has 0 aliphatic rings. The van der Waals surface area contributed by atoms with Crippen LogP contribution >= 0.6 is 0 Å². The summed E-state index contributed by atoms with van der Waals surface area (Å²) in [6.07, 6.45) is 1.17. The van der Waals surface area contributed by atoms with Gasteiger partial charge in [0, 0.05) is 12.8 Å². The molecule has 0 N–H and O–H groups in total. The maximum atomic E-state index is 10.7. The van der Waals surface area contributed by atoms with Gasteiger partial charge in [0.2, 0.25) is 0 Å². The van der Waals surface area contributed by atoms with Gasteiger partial charge in [-0.05, 0) is 7.05 Å². The molecule has 0 fully saturated rings. The number of hydrogen-bond acceptors (Lipinski definition) is 5. The first kappa shape index (κ1) is 12.4. The Bertz CT molecular complexity index is 260. The van der Waals surface area contributed by atoms with Crippen LogP contribution in [0.25, 0.3) is 0 Å². The third kappa shape index (κ3) is 7.73. The van der Waals surface area contributed by atoms with Gasteiger partial charge in [0.15, 0.2) is 0 Å². The Balaban J connectivity index is 3.76. The second-order valence-electron chi connectivity index (χ2n) is 2.94. The molecule has 0 aromatic carbocycles. The monoisotopic (exact) mass is 209 g/mol. The fraction of sp³-hybridized carbons (Fsp3) is 0.857. The van der Waals surface area contributed by atoms with Crippen molar-refractivity contribution in [1.82, 2.24) is 4.90 Å². The summed E-state index contributed by atoms with van der Waals surface area (Å²) < 4.78 is 25.9. The Kier molecular flexibility index (Phi) is 4.94. The van der Waals surface area contributed by atoms with E-state index in [1.54, 1.807) is 11.9 Å². The molecular formula is C7H15NO4S. The average Bonchev–Trinajstić information content (AvgIpc) is 1.99. The highest BCUT2D eigenvalue weighted by Gasteiger charge is 2.08. The lowest BCUT2D eigenvalue weighted by Gasteiger charge is -2.13. The molecule has 0 bridgehead atoms. The molecule has 13 heavy (non-hydrogen) atoms. The van der Waals surface area contributed by atoms with Crippen LogP contribution in [0.1, 0.15) is 0 Å². The minimum atomic E-state index is -2.96. The highest BCUT2D eigenvalue weighted by atomic mass is 32.2. The molecular weight excluding hydrogens is 194 g/mol. The van der Waals surface area contributed by atoms with Crippen molar-refractivity contribution in [2.75, 3.05) is 39.3 Å². The van der Waals surface area contributed by atoms with Crippen molar-refractivity contribution >= 4 is 15.8 Å². The topological polar surface area (TPSA) is 63.7 Å². The molecule has 0 spiro atoms. The Morgan fingerprint density at radius 3 is 2.38 bits per heavy atom. The SMILES string of the molecule is COC(=O)CN(C)CCS(C)(=O)=O. The maximum Gasteiger partial charge on any atom is 0.319 e. The number of carbonyl (C=O) groups is 1. The first-order chi connectivity index (χ1) is 5.85. The van der Waals surface area contributed by atoms with Gasteiger partial charge < -0.3 is 4.74 Å². The summed E-state index contributed by atoms with van der Waals surface area (Å²) in [5.74, 6) is -0.309. The van der Waals surface area contributed by atoms with Crippen molar-refractivity contribution < 1.29 is 17.9 Å². The predicted molar refractivity (Wildman–Crippen MR) is 49.2 cm³/mol. The van der Waals surface area contributed by atoms with E-state index < -0.39 is 9.84 Å². The molecule has 6 heteroatoms. The molecule has 0 saturated heterocycles. The number of sulfone groups is 1. The molecule has 5 nitrogen and oxygen atoms in total. The fourth-order valence-electron chi connectivity index (χ4n) is 0.686. The molecule has 0 heterocycles. The highest BCUT2D eigenvalue weighted by Crippen LogP contribution is 1.88. The third-order valence-electron chi connectivity index (χ3n) is 1.47. The number of rotatable bonds is 5. The standard InChI is InChI=1S/C7H15NO4S/c1-8(6-7(9)12-2)4-5-13(3,10)11/h4-6H2,1-3H3. The summed E-state index contributed by atoms with van der Waals surface area (Å²) in [5, 5.41) is 0. The van der Waals surface area contributed by atoms with Crippen LogP contribution in [-0.4, -0.2) is 58.5 Å². The fourth-order valence-corrected chi connectivity index (χ4v) is 1.33. The number of carbonyl (C=O) groups excluding carboxylic acids is 1. The van der Waals surface area contributed by atoms with E-state index in [0.717, 1.165) is 0 Å². The number of ether oxygens (including phenoxy) is 1. The summed E-state index contributed by atoms with van der Waals surface area (Å²) in [6, 6.07) is 0. The lowest BCUT2D eigenvalue weighted by Crippen LogP contribution is -2.30. The Hall–Kier alpha value is -0.620. The van der Waals surface area contributed by atoms with Crippen LogP contribution in [0.2, 0.25) is 0 Å². The van der Waals surface area contributed by atoms with Crippen LogP contribution in [0.4, 0.5) is 0 Å². The van der Waals surface area contributed by atoms with Crippen molar-refractivity contribution in [2.45, 2.75) is 0 Å². The average molecular weight is 209 g/mol. The molecule has 0 aromatic rings. The second kappa shape index (κ2) is 5.18. The molecule has 0 amide bonds. The van der Waals surface area contributed by atoms with Gasteiger partial charge in [-0.15, -0.1) is 0 Å². The van der Waals surface area contributed by atoms with Gasteiger partial charge >= 0.3 is 5.97 Å². The molecule has 0 rings (SSSR count). The van der Waals surface area contributed by atoms with E-state index in [9.17, 15) is 13.2 Å². The van der Waals surface area contributed by atoms with Crippen molar-refractivity contribution in [3.8, 4) is 0 Å². The molecule has 0 aliphatic carbocycles. The van der Waals surface area contributed by atoms with Crippen molar-refractivity contribution in [3.05, 3.63) is 0 Å². The van der Waals surface area contributed by atoms with Crippen LogP contribution in [-0.2, 0) is 19.4 Å². The van der Waals surface area contributed by atoms with Gasteiger partial charge in [0.25, 0.3) is 0 Å². The maximum absolute atomic E-state index is 10.7. The van der Waals surface area contributed by atoms with Crippen molar-refractivity contribution in [2.24, 2.45) is 0 Å². The van der Waals surface area contributed by atoms with Gasteiger partial charge in [0.1, 0.15) is 9.84 Å². The molecule has 0 aliphatic heterocycles. The molecule has 0 unspecified atom stereocenters. The van der Waals surface area contributed by atoms with Crippen LogP contribution in [0.15, 0.2) is 0 Å². The third-order valence-corrected chi connectivity index (χ3v) is 2.39. The smallest absolute Gasteiger partial charge is 0.319 e. The zero-order valence-electron chi connectivity index (χ0n) is 8.11. The van der Waals surface area contributed by atoms with E-state index in [-0.39, 0.29) is 18.3 Å². The summed E-state index contributed by atoms with van der Waals surface area (Å²) >= 11 is 0. The van der Waals surface area contributed by atoms with Gasteiger partial charge in [-0.2, -0.15) is 0 Å². The van der Waals surface area contributed by atoms with Crippen molar-refractivity contribution in [1.29, 1.82) is 0 Å². The summed E-state index contributed by atoms with van der Waals surface area (Å²) in [6.45, 7) is 0.458. The van der Waals surface area contributed by atoms with Crippen molar-refractivity contribution in [3.63, 3.8) is 0 Å². The van der Waals surface area contributed by atoms with Gasteiger partial charge in [0.05, 0.1) is 19.4 Å². The minimum absolute atomic E-state index is 0.0560. The van der Waals surface area contributed by atoms with E-state index in [0.29, 0.717) is 6.54 Å².